The van der Waals surface area contributed by atoms with Gasteiger partial charge in [0.15, 0.2) is 6.61 Å². The Labute approximate surface area is 155 Å². The standard InChI is InChI=1S/C19H19ClF3NO2/c1-3-12(2)13-4-7-15(8-5-13)26-11-18(25)24-17-10-14(19(21,22)23)6-9-16(17)20/h4-10,12H,3,11H2,1-2H3,(H,24,25)/t12-/m0/s1. The molecule has 1 amide bonds. The molecule has 3 nitrogen and oxygen atoms in total. The predicted molar refractivity (Wildman–Crippen MR) is 95.7 cm³/mol. The maximum Gasteiger partial charge on any atom is 0.416 e. The van der Waals surface area contributed by atoms with Crippen molar-refractivity contribution in [3.8, 4) is 5.75 Å². The van der Waals surface area contributed by atoms with Gasteiger partial charge >= 0.3 is 6.18 Å². The molecule has 0 bridgehead atoms. The zero-order valence-corrected chi connectivity index (χ0v) is 15.1. The van der Waals surface area contributed by atoms with Crippen molar-refractivity contribution < 1.29 is 22.7 Å². The lowest BCUT2D eigenvalue weighted by Gasteiger charge is -2.13. The fourth-order valence-corrected chi connectivity index (χ4v) is 2.43. The van der Waals surface area contributed by atoms with E-state index < -0.39 is 17.6 Å². The summed E-state index contributed by atoms with van der Waals surface area (Å²) in [6.45, 7) is 3.87. The Balaban J connectivity index is 1.97. The molecule has 0 fully saturated rings. The molecule has 2 rings (SSSR count). The van der Waals surface area contributed by atoms with Crippen LogP contribution in [0.4, 0.5) is 18.9 Å². The molecule has 2 aromatic rings. The maximum atomic E-state index is 12.7. The second kappa shape index (κ2) is 8.45. The molecule has 0 heterocycles. The molecule has 0 saturated heterocycles. The van der Waals surface area contributed by atoms with Gasteiger partial charge in [-0.1, -0.05) is 37.6 Å². The first-order valence-corrected chi connectivity index (χ1v) is 8.48. The third-order valence-corrected chi connectivity index (χ3v) is 4.33. The molecule has 0 aromatic heterocycles. The molecular weight excluding hydrogens is 367 g/mol. The number of nitrogens with one attached hydrogen (secondary N) is 1. The average molecular weight is 386 g/mol. The molecule has 0 aliphatic carbocycles. The first-order valence-electron chi connectivity index (χ1n) is 8.10. The highest BCUT2D eigenvalue weighted by Crippen LogP contribution is 2.33. The first-order chi connectivity index (χ1) is 12.2. The van der Waals surface area contributed by atoms with Crippen LogP contribution in [0.3, 0.4) is 0 Å². The number of hydrogen-bond donors (Lipinski definition) is 1. The van der Waals surface area contributed by atoms with E-state index in [2.05, 4.69) is 19.2 Å². The quantitative estimate of drug-likeness (QED) is 0.673. The van der Waals surface area contributed by atoms with Crippen LogP contribution in [-0.2, 0) is 11.0 Å². The van der Waals surface area contributed by atoms with Crippen molar-refractivity contribution in [2.24, 2.45) is 0 Å². The van der Waals surface area contributed by atoms with Crippen molar-refractivity contribution in [2.45, 2.75) is 32.4 Å². The second-order valence-corrected chi connectivity index (χ2v) is 6.31. The summed E-state index contributed by atoms with van der Waals surface area (Å²) >= 11 is 5.85. The van der Waals surface area contributed by atoms with E-state index in [9.17, 15) is 18.0 Å². The van der Waals surface area contributed by atoms with Crippen LogP contribution >= 0.6 is 11.6 Å². The molecule has 26 heavy (non-hydrogen) atoms. The lowest BCUT2D eigenvalue weighted by atomic mass is 9.99. The van der Waals surface area contributed by atoms with Crippen LogP contribution in [0.1, 0.15) is 37.3 Å². The van der Waals surface area contributed by atoms with Crippen LogP contribution in [0.2, 0.25) is 5.02 Å². The number of benzene rings is 2. The van der Waals surface area contributed by atoms with Crippen LogP contribution in [0, 0.1) is 0 Å². The number of hydrogen-bond acceptors (Lipinski definition) is 2. The van der Waals surface area contributed by atoms with Gasteiger partial charge in [-0.05, 0) is 48.2 Å². The average Bonchev–Trinajstić information content (AvgIpc) is 2.60. The van der Waals surface area contributed by atoms with Crippen molar-refractivity contribution in [1.29, 1.82) is 0 Å². The topological polar surface area (TPSA) is 38.3 Å². The normalized spacial score (nSPS) is 12.5. The smallest absolute Gasteiger partial charge is 0.416 e. The van der Waals surface area contributed by atoms with E-state index in [1.807, 2.05) is 12.1 Å². The molecule has 1 atom stereocenters. The van der Waals surface area contributed by atoms with Crippen LogP contribution in [0.5, 0.6) is 5.75 Å². The van der Waals surface area contributed by atoms with Crippen LogP contribution in [0.15, 0.2) is 42.5 Å². The minimum absolute atomic E-state index is 0.0178. The largest absolute Gasteiger partial charge is 0.484 e. The molecule has 0 radical (unpaired) electrons. The van der Waals surface area contributed by atoms with Gasteiger partial charge < -0.3 is 10.1 Å². The van der Waals surface area contributed by atoms with E-state index in [1.165, 1.54) is 5.56 Å². The molecule has 1 N–H and O–H groups in total. The Bertz CT molecular complexity index is 760. The van der Waals surface area contributed by atoms with Gasteiger partial charge in [0.25, 0.3) is 5.91 Å². The molecule has 2 aromatic carbocycles. The summed E-state index contributed by atoms with van der Waals surface area (Å²) in [4.78, 5) is 11.9. The zero-order chi connectivity index (χ0) is 19.3. The molecule has 0 aliphatic rings. The number of alkyl halides is 3. The minimum Gasteiger partial charge on any atom is -0.484 e. The van der Waals surface area contributed by atoms with Crippen molar-refractivity contribution in [3.63, 3.8) is 0 Å². The van der Waals surface area contributed by atoms with Crippen molar-refractivity contribution in [1.82, 2.24) is 0 Å². The Morgan fingerprint density at radius 1 is 1.19 bits per heavy atom. The van der Waals surface area contributed by atoms with Gasteiger partial charge in [0.05, 0.1) is 16.3 Å². The second-order valence-electron chi connectivity index (χ2n) is 5.91. The summed E-state index contributed by atoms with van der Waals surface area (Å²) in [5.41, 5.74) is 0.168. The number of carbonyl (C=O) groups is 1. The molecule has 7 heteroatoms. The van der Waals surface area contributed by atoms with E-state index >= 15 is 0 Å². The molecule has 140 valence electrons. The Kier molecular flexibility index (Phi) is 6.53. The number of anilines is 1. The Morgan fingerprint density at radius 3 is 2.42 bits per heavy atom. The van der Waals surface area contributed by atoms with E-state index in [1.54, 1.807) is 12.1 Å². The minimum atomic E-state index is -4.52. The molecule has 0 aliphatic heterocycles. The van der Waals surface area contributed by atoms with Gasteiger partial charge in [-0.25, -0.2) is 0 Å². The monoisotopic (exact) mass is 385 g/mol. The number of amides is 1. The Hall–Kier alpha value is -2.21. The summed E-state index contributed by atoms with van der Waals surface area (Å²) in [7, 11) is 0. The van der Waals surface area contributed by atoms with Crippen molar-refractivity contribution in [2.75, 3.05) is 11.9 Å². The number of halogens is 4. The van der Waals surface area contributed by atoms with Gasteiger partial charge in [-0.15, -0.1) is 0 Å². The van der Waals surface area contributed by atoms with Gasteiger partial charge in [-0.3, -0.25) is 4.79 Å². The van der Waals surface area contributed by atoms with Gasteiger partial charge in [0, 0.05) is 0 Å². The third-order valence-electron chi connectivity index (χ3n) is 4.00. The summed E-state index contributed by atoms with van der Waals surface area (Å²) in [5.74, 6) is 0.329. The maximum absolute atomic E-state index is 12.7. The van der Waals surface area contributed by atoms with Crippen LogP contribution in [-0.4, -0.2) is 12.5 Å². The van der Waals surface area contributed by atoms with E-state index in [4.69, 9.17) is 16.3 Å². The summed E-state index contributed by atoms with van der Waals surface area (Å²) in [5, 5.41) is 2.35. The van der Waals surface area contributed by atoms with Crippen LogP contribution < -0.4 is 10.1 Å². The lowest BCUT2D eigenvalue weighted by Crippen LogP contribution is -2.20. The third kappa shape index (κ3) is 5.39. The van der Waals surface area contributed by atoms with Gasteiger partial charge in [0.2, 0.25) is 0 Å². The molecular formula is C19H19ClF3NO2. The first kappa shape index (κ1) is 20.1. The molecule has 0 saturated carbocycles. The molecule has 0 unspecified atom stereocenters. The van der Waals surface area contributed by atoms with Crippen molar-refractivity contribution >= 4 is 23.2 Å². The van der Waals surface area contributed by atoms with E-state index in [0.717, 1.165) is 24.6 Å². The number of ether oxygens (including phenoxy) is 1. The summed E-state index contributed by atoms with van der Waals surface area (Å²) < 4.78 is 43.6. The summed E-state index contributed by atoms with van der Waals surface area (Å²) in [6, 6.07) is 10.1. The fourth-order valence-electron chi connectivity index (χ4n) is 2.26. The van der Waals surface area contributed by atoms with Crippen molar-refractivity contribution in [3.05, 3.63) is 58.6 Å². The highest BCUT2D eigenvalue weighted by atomic mass is 35.5. The fraction of sp³-hybridized carbons (Fsp3) is 0.316. The highest BCUT2D eigenvalue weighted by molar-refractivity contribution is 6.33. The van der Waals surface area contributed by atoms with Gasteiger partial charge in [-0.2, -0.15) is 13.2 Å². The van der Waals surface area contributed by atoms with Gasteiger partial charge in [0.1, 0.15) is 5.75 Å². The Morgan fingerprint density at radius 2 is 1.85 bits per heavy atom. The number of carbonyl (C=O) groups excluding carboxylic acids is 1. The van der Waals surface area contributed by atoms with E-state index in [-0.39, 0.29) is 17.3 Å². The predicted octanol–water partition coefficient (Wildman–Crippen LogP) is 5.89. The van der Waals surface area contributed by atoms with E-state index in [0.29, 0.717) is 11.7 Å². The SMILES string of the molecule is CC[C@H](C)c1ccc(OCC(=O)Nc2cc(C(F)(F)F)ccc2Cl)cc1. The lowest BCUT2D eigenvalue weighted by molar-refractivity contribution is -0.137. The van der Waals surface area contributed by atoms with Crippen LogP contribution in [0.25, 0.3) is 0 Å². The summed E-state index contributed by atoms with van der Waals surface area (Å²) in [6.07, 6.45) is -3.50. The molecule has 0 spiro atoms. The zero-order valence-electron chi connectivity index (χ0n) is 14.4. The number of rotatable bonds is 6. The highest BCUT2D eigenvalue weighted by Gasteiger charge is 2.31.